The van der Waals surface area contributed by atoms with E-state index in [0.29, 0.717) is 26.4 Å². The fraction of sp³-hybridized carbons (Fsp3) is 0.259. The third-order valence-corrected chi connectivity index (χ3v) is 6.32. The van der Waals surface area contributed by atoms with Crippen molar-refractivity contribution in [2.24, 2.45) is 0 Å². The van der Waals surface area contributed by atoms with Gasteiger partial charge < -0.3 is 15.2 Å². The van der Waals surface area contributed by atoms with Crippen LogP contribution in [0.25, 0.3) is 0 Å². The number of carbonyl (C=O) groups is 2. The third-order valence-electron chi connectivity index (χ3n) is 5.54. The number of hydrogen-bond donors (Lipinski definition) is 2. The molecule has 2 atom stereocenters. The SMILES string of the molecule is CCC[C@H](c1ccc(C(=O)NCCC(=O)O)cc1)[C@@H](Oc1ccc(Cl)cc1Cl)c1ccc(Cl)cc1. The third kappa shape index (κ3) is 7.63. The molecule has 3 aromatic rings. The first-order valence-corrected chi connectivity index (χ1v) is 12.4. The molecule has 1 amide bonds. The number of benzene rings is 3. The summed E-state index contributed by atoms with van der Waals surface area (Å²) in [7, 11) is 0. The number of nitrogens with one attached hydrogen (secondary N) is 1. The summed E-state index contributed by atoms with van der Waals surface area (Å²) in [6.07, 6.45) is 1.23. The molecular formula is C27H26Cl3NO4. The summed E-state index contributed by atoms with van der Waals surface area (Å²) in [4.78, 5) is 23.0. The predicted molar refractivity (Wildman–Crippen MR) is 140 cm³/mol. The van der Waals surface area contributed by atoms with Crippen LogP contribution in [0.4, 0.5) is 0 Å². The van der Waals surface area contributed by atoms with Crippen molar-refractivity contribution in [2.75, 3.05) is 6.54 Å². The first-order chi connectivity index (χ1) is 16.8. The van der Waals surface area contributed by atoms with Crippen molar-refractivity contribution in [3.05, 3.63) is 98.5 Å². The minimum Gasteiger partial charge on any atom is -0.484 e. The van der Waals surface area contributed by atoms with Gasteiger partial charge in [-0.1, -0.05) is 72.4 Å². The second-order valence-electron chi connectivity index (χ2n) is 8.08. The smallest absolute Gasteiger partial charge is 0.305 e. The van der Waals surface area contributed by atoms with E-state index in [-0.39, 0.29) is 30.9 Å². The Morgan fingerprint density at radius 1 is 0.914 bits per heavy atom. The monoisotopic (exact) mass is 533 g/mol. The second-order valence-corrected chi connectivity index (χ2v) is 9.36. The van der Waals surface area contributed by atoms with Crippen LogP contribution < -0.4 is 10.1 Å². The summed E-state index contributed by atoms with van der Waals surface area (Å²) < 4.78 is 6.48. The molecular weight excluding hydrogens is 509 g/mol. The minimum absolute atomic E-state index is 0.0444. The van der Waals surface area contributed by atoms with E-state index in [1.165, 1.54) is 0 Å². The van der Waals surface area contributed by atoms with E-state index in [9.17, 15) is 9.59 Å². The predicted octanol–water partition coefficient (Wildman–Crippen LogP) is 7.56. The molecule has 5 nitrogen and oxygen atoms in total. The Morgan fingerprint density at radius 3 is 2.14 bits per heavy atom. The average molecular weight is 535 g/mol. The highest BCUT2D eigenvalue weighted by Gasteiger charge is 2.27. The fourth-order valence-corrected chi connectivity index (χ4v) is 4.39. The molecule has 3 aromatic carbocycles. The standard InChI is InChI=1S/C27H26Cl3NO4/c1-2-3-22(17-4-6-19(7-5-17)27(34)31-15-14-25(32)33)26(18-8-10-20(28)11-9-18)35-24-13-12-21(29)16-23(24)30/h4-13,16,22,26H,2-3,14-15H2,1H3,(H,31,34)(H,32,33)/t22-,26+/m1/s1. The van der Waals surface area contributed by atoms with Gasteiger partial charge in [-0.25, -0.2) is 0 Å². The zero-order valence-electron chi connectivity index (χ0n) is 19.1. The van der Waals surface area contributed by atoms with Crippen molar-refractivity contribution in [3.63, 3.8) is 0 Å². The van der Waals surface area contributed by atoms with Gasteiger partial charge in [0.15, 0.2) is 0 Å². The number of rotatable bonds is 11. The molecule has 0 fully saturated rings. The number of hydrogen-bond acceptors (Lipinski definition) is 3. The lowest BCUT2D eigenvalue weighted by atomic mass is 9.85. The van der Waals surface area contributed by atoms with Gasteiger partial charge in [0.05, 0.1) is 11.4 Å². The fourth-order valence-electron chi connectivity index (χ4n) is 3.81. The number of carboxylic acids is 1. The highest BCUT2D eigenvalue weighted by molar-refractivity contribution is 6.35. The quantitative estimate of drug-likeness (QED) is 0.266. The lowest BCUT2D eigenvalue weighted by Crippen LogP contribution is -2.26. The Labute approximate surface area is 220 Å². The Morgan fingerprint density at radius 2 is 1.54 bits per heavy atom. The lowest BCUT2D eigenvalue weighted by molar-refractivity contribution is -0.136. The summed E-state index contributed by atoms with van der Waals surface area (Å²) in [6.45, 7) is 2.17. The van der Waals surface area contributed by atoms with Crippen LogP contribution >= 0.6 is 34.8 Å². The highest BCUT2D eigenvalue weighted by atomic mass is 35.5. The molecule has 0 unspecified atom stereocenters. The van der Waals surface area contributed by atoms with Crippen molar-refractivity contribution in [3.8, 4) is 5.75 Å². The van der Waals surface area contributed by atoms with Crippen LogP contribution in [0, 0.1) is 0 Å². The molecule has 0 saturated carbocycles. The molecule has 184 valence electrons. The Balaban J connectivity index is 1.91. The Bertz CT molecular complexity index is 1150. The molecule has 3 rings (SSSR count). The number of amides is 1. The summed E-state index contributed by atoms with van der Waals surface area (Å²) in [6, 6.07) is 19.9. The van der Waals surface area contributed by atoms with Crippen molar-refractivity contribution in [2.45, 2.75) is 38.2 Å². The van der Waals surface area contributed by atoms with Crippen molar-refractivity contribution in [1.29, 1.82) is 0 Å². The Kier molecular flexibility index (Phi) is 9.84. The first-order valence-electron chi connectivity index (χ1n) is 11.3. The normalized spacial score (nSPS) is 12.6. The van der Waals surface area contributed by atoms with E-state index in [1.807, 2.05) is 36.4 Å². The lowest BCUT2D eigenvalue weighted by Gasteiger charge is -2.29. The van der Waals surface area contributed by atoms with Gasteiger partial charge in [-0.2, -0.15) is 0 Å². The second kappa shape index (κ2) is 12.8. The molecule has 0 saturated heterocycles. The van der Waals surface area contributed by atoms with E-state index >= 15 is 0 Å². The number of carbonyl (C=O) groups excluding carboxylic acids is 1. The van der Waals surface area contributed by atoms with Crippen molar-refractivity contribution >= 4 is 46.7 Å². The van der Waals surface area contributed by atoms with Crippen LogP contribution in [-0.4, -0.2) is 23.5 Å². The summed E-state index contributed by atoms with van der Waals surface area (Å²) in [5, 5.41) is 12.9. The van der Waals surface area contributed by atoms with E-state index in [0.717, 1.165) is 24.0 Å². The van der Waals surface area contributed by atoms with Crippen LogP contribution in [0.15, 0.2) is 66.7 Å². The molecule has 35 heavy (non-hydrogen) atoms. The first kappa shape index (κ1) is 26.9. The van der Waals surface area contributed by atoms with Crippen LogP contribution in [0.2, 0.25) is 15.1 Å². The van der Waals surface area contributed by atoms with Gasteiger partial charge in [-0.05, 0) is 60.0 Å². The number of aliphatic carboxylic acids is 1. The largest absolute Gasteiger partial charge is 0.484 e. The van der Waals surface area contributed by atoms with Gasteiger partial charge in [0.1, 0.15) is 11.9 Å². The minimum atomic E-state index is -0.961. The van der Waals surface area contributed by atoms with Gasteiger partial charge in [-0.3, -0.25) is 9.59 Å². The topological polar surface area (TPSA) is 75.6 Å². The maximum Gasteiger partial charge on any atom is 0.305 e. The molecule has 0 aliphatic carbocycles. The van der Waals surface area contributed by atoms with Crippen molar-refractivity contribution in [1.82, 2.24) is 5.32 Å². The van der Waals surface area contributed by atoms with Gasteiger partial charge in [0.2, 0.25) is 0 Å². The van der Waals surface area contributed by atoms with Crippen LogP contribution in [0.3, 0.4) is 0 Å². The van der Waals surface area contributed by atoms with Gasteiger partial charge in [0.25, 0.3) is 5.91 Å². The molecule has 8 heteroatoms. The Hall–Kier alpha value is -2.73. The maximum absolute atomic E-state index is 12.4. The zero-order chi connectivity index (χ0) is 25.4. The van der Waals surface area contributed by atoms with E-state index < -0.39 is 5.97 Å². The van der Waals surface area contributed by atoms with E-state index in [1.54, 1.807) is 30.3 Å². The van der Waals surface area contributed by atoms with Crippen LogP contribution in [-0.2, 0) is 4.79 Å². The molecule has 0 spiro atoms. The average Bonchev–Trinajstić information content (AvgIpc) is 2.83. The van der Waals surface area contributed by atoms with Gasteiger partial charge >= 0.3 is 5.97 Å². The number of ether oxygens (including phenoxy) is 1. The van der Waals surface area contributed by atoms with Crippen molar-refractivity contribution < 1.29 is 19.4 Å². The zero-order valence-corrected chi connectivity index (χ0v) is 21.4. The molecule has 0 radical (unpaired) electrons. The van der Waals surface area contributed by atoms with Gasteiger partial charge in [0, 0.05) is 28.1 Å². The molecule has 0 heterocycles. The molecule has 0 bridgehead atoms. The van der Waals surface area contributed by atoms with E-state index in [2.05, 4.69) is 12.2 Å². The van der Waals surface area contributed by atoms with Crippen LogP contribution in [0.5, 0.6) is 5.75 Å². The van der Waals surface area contributed by atoms with E-state index in [4.69, 9.17) is 44.6 Å². The number of carboxylic acid groups (broad SMARTS) is 1. The maximum atomic E-state index is 12.4. The molecule has 0 aromatic heterocycles. The molecule has 2 N–H and O–H groups in total. The summed E-state index contributed by atoms with van der Waals surface area (Å²) >= 11 is 18.6. The number of halogens is 3. The highest BCUT2D eigenvalue weighted by Crippen LogP contribution is 2.41. The van der Waals surface area contributed by atoms with Crippen LogP contribution in [0.1, 0.15) is 59.7 Å². The van der Waals surface area contributed by atoms with Gasteiger partial charge in [-0.15, -0.1) is 0 Å². The summed E-state index contributed by atoms with van der Waals surface area (Å²) in [5.41, 5.74) is 2.40. The molecule has 0 aliphatic rings. The summed E-state index contributed by atoms with van der Waals surface area (Å²) in [5.74, 6) is -0.802. The molecule has 0 aliphatic heterocycles.